The third kappa shape index (κ3) is 4.91. The van der Waals surface area contributed by atoms with E-state index >= 15 is 4.39 Å². The fourth-order valence-electron chi connectivity index (χ4n) is 4.44. The number of unbranched alkanes of at least 4 members (excludes halogenated alkanes) is 4. The smallest absolute Gasteiger partial charge is 0.206 e. The summed E-state index contributed by atoms with van der Waals surface area (Å²) in [5.74, 6) is -4.32. The molecular weight excluding hydrogens is 450 g/mol. The SMILES string of the molecule is CCCCCCCc1ccc2c(ccc3cc(-c4cc(F)c(C(F)(F)F)c(F)c4)c(F)cc32)c1. The Hall–Kier alpha value is -3.02. The second-order valence-electron chi connectivity index (χ2n) is 8.65. The highest BCUT2D eigenvalue weighted by Crippen LogP contribution is 2.38. The third-order valence-electron chi connectivity index (χ3n) is 6.19. The van der Waals surface area contributed by atoms with Crippen molar-refractivity contribution in [1.29, 1.82) is 0 Å². The highest BCUT2D eigenvalue weighted by molar-refractivity contribution is 6.08. The summed E-state index contributed by atoms with van der Waals surface area (Å²) < 4.78 is 81.7. The zero-order valence-corrected chi connectivity index (χ0v) is 18.7. The first-order valence-corrected chi connectivity index (χ1v) is 11.4. The highest BCUT2D eigenvalue weighted by Gasteiger charge is 2.38. The molecule has 4 aromatic rings. The van der Waals surface area contributed by atoms with E-state index in [9.17, 15) is 22.0 Å². The van der Waals surface area contributed by atoms with E-state index in [0.717, 1.165) is 23.6 Å². The summed E-state index contributed by atoms with van der Waals surface area (Å²) in [5.41, 5.74) is -1.23. The molecule has 34 heavy (non-hydrogen) atoms. The molecule has 0 atom stereocenters. The van der Waals surface area contributed by atoms with Crippen LogP contribution in [0.4, 0.5) is 26.3 Å². The number of alkyl halides is 3. The van der Waals surface area contributed by atoms with Gasteiger partial charge in [0, 0.05) is 5.56 Å². The van der Waals surface area contributed by atoms with Gasteiger partial charge in [0.15, 0.2) is 0 Å². The van der Waals surface area contributed by atoms with E-state index in [0.29, 0.717) is 22.9 Å². The largest absolute Gasteiger partial charge is 0.422 e. The van der Waals surface area contributed by atoms with Crippen molar-refractivity contribution >= 4 is 21.5 Å². The summed E-state index contributed by atoms with van der Waals surface area (Å²) in [6.45, 7) is 2.18. The van der Waals surface area contributed by atoms with Crippen molar-refractivity contribution in [3.05, 3.63) is 83.2 Å². The Balaban J connectivity index is 1.69. The van der Waals surface area contributed by atoms with Crippen molar-refractivity contribution < 1.29 is 26.3 Å². The van der Waals surface area contributed by atoms with Crippen molar-refractivity contribution in [3.63, 3.8) is 0 Å². The van der Waals surface area contributed by atoms with Gasteiger partial charge in [0.25, 0.3) is 0 Å². The topological polar surface area (TPSA) is 0 Å². The van der Waals surface area contributed by atoms with Gasteiger partial charge in [0.05, 0.1) is 0 Å². The van der Waals surface area contributed by atoms with Gasteiger partial charge in [-0.3, -0.25) is 0 Å². The second-order valence-corrected chi connectivity index (χ2v) is 8.65. The Morgan fingerprint density at radius 2 is 1.29 bits per heavy atom. The molecule has 0 aromatic heterocycles. The summed E-state index contributed by atoms with van der Waals surface area (Å²) in [5, 5.41) is 3.04. The van der Waals surface area contributed by atoms with E-state index in [4.69, 9.17) is 0 Å². The van der Waals surface area contributed by atoms with Crippen LogP contribution in [-0.2, 0) is 12.6 Å². The molecule has 0 amide bonds. The van der Waals surface area contributed by atoms with E-state index in [2.05, 4.69) is 13.0 Å². The minimum Gasteiger partial charge on any atom is -0.206 e. The number of benzene rings is 4. The van der Waals surface area contributed by atoms with E-state index in [1.54, 1.807) is 6.07 Å². The van der Waals surface area contributed by atoms with Crippen molar-refractivity contribution in [2.24, 2.45) is 0 Å². The molecule has 0 saturated heterocycles. The van der Waals surface area contributed by atoms with Crippen LogP contribution in [-0.4, -0.2) is 0 Å². The normalized spacial score (nSPS) is 12.1. The van der Waals surface area contributed by atoms with Gasteiger partial charge in [-0.15, -0.1) is 0 Å². The summed E-state index contributed by atoms with van der Waals surface area (Å²) in [6, 6.07) is 13.4. The lowest BCUT2D eigenvalue weighted by atomic mass is 9.94. The van der Waals surface area contributed by atoms with E-state index < -0.39 is 29.2 Å². The van der Waals surface area contributed by atoms with Gasteiger partial charge >= 0.3 is 6.18 Å². The van der Waals surface area contributed by atoms with Gasteiger partial charge in [0.2, 0.25) is 0 Å². The molecule has 0 bridgehead atoms. The lowest BCUT2D eigenvalue weighted by Crippen LogP contribution is -2.11. The molecule has 0 heterocycles. The van der Waals surface area contributed by atoms with Gasteiger partial charge in [0.1, 0.15) is 23.0 Å². The number of aryl methyl sites for hydroxylation is 1. The Bertz CT molecular complexity index is 1310. The van der Waals surface area contributed by atoms with Gasteiger partial charge in [-0.25, -0.2) is 13.2 Å². The molecule has 0 radical (unpaired) electrons. The predicted octanol–water partition coefficient (Wildman–Crippen LogP) is 9.61. The fraction of sp³-hybridized carbons (Fsp3) is 0.286. The lowest BCUT2D eigenvalue weighted by Gasteiger charge is -2.13. The van der Waals surface area contributed by atoms with E-state index in [-0.39, 0.29) is 11.1 Å². The van der Waals surface area contributed by atoms with Crippen LogP contribution in [0.5, 0.6) is 0 Å². The molecule has 0 aliphatic carbocycles. The molecule has 0 fully saturated rings. The first-order chi connectivity index (χ1) is 16.2. The molecule has 0 nitrogen and oxygen atoms in total. The van der Waals surface area contributed by atoms with E-state index in [1.807, 2.05) is 18.2 Å². The second kappa shape index (κ2) is 9.69. The zero-order chi connectivity index (χ0) is 24.5. The van der Waals surface area contributed by atoms with Crippen LogP contribution in [0.25, 0.3) is 32.7 Å². The highest BCUT2D eigenvalue weighted by atomic mass is 19.4. The molecule has 6 heteroatoms. The van der Waals surface area contributed by atoms with Gasteiger partial charge < -0.3 is 0 Å². The van der Waals surface area contributed by atoms with Gasteiger partial charge in [-0.1, -0.05) is 62.9 Å². The van der Waals surface area contributed by atoms with Crippen LogP contribution in [0.3, 0.4) is 0 Å². The minimum absolute atomic E-state index is 0.165. The minimum atomic E-state index is -5.18. The third-order valence-corrected chi connectivity index (χ3v) is 6.19. The maximum atomic E-state index is 15.0. The molecule has 4 rings (SSSR count). The molecule has 0 N–H and O–H groups in total. The number of hydrogen-bond donors (Lipinski definition) is 0. The van der Waals surface area contributed by atoms with Crippen LogP contribution < -0.4 is 0 Å². The maximum absolute atomic E-state index is 15.0. The first kappa shape index (κ1) is 24.1. The van der Waals surface area contributed by atoms with Crippen LogP contribution in [0, 0.1) is 17.5 Å². The average molecular weight is 474 g/mol. The summed E-state index contributed by atoms with van der Waals surface area (Å²) in [6.07, 6.45) is 1.74. The van der Waals surface area contributed by atoms with Crippen LogP contribution in [0.15, 0.2) is 54.6 Å². The molecule has 178 valence electrons. The van der Waals surface area contributed by atoms with Crippen molar-refractivity contribution in [3.8, 4) is 11.1 Å². The van der Waals surface area contributed by atoms with Gasteiger partial charge in [-0.2, -0.15) is 13.2 Å². The quantitative estimate of drug-likeness (QED) is 0.142. The van der Waals surface area contributed by atoms with Gasteiger partial charge in [-0.05, 0) is 69.8 Å². The van der Waals surface area contributed by atoms with Crippen LogP contribution >= 0.6 is 0 Å². The predicted molar refractivity (Wildman–Crippen MR) is 124 cm³/mol. The number of rotatable bonds is 7. The maximum Gasteiger partial charge on any atom is 0.422 e. The van der Waals surface area contributed by atoms with Crippen LogP contribution in [0.2, 0.25) is 0 Å². The van der Waals surface area contributed by atoms with Crippen molar-refractivity contribution in [2.75, 3.05) is 0 Å². The average Bonchev–Trinajstić information content (AvgIpc) is 2.77. The summed E-state index contributed by atoms with van der Waals surface area (Å²) in [7, 11) is 0. The molecule has 4 aromatic carbocycles. The fourth-order valence-corrected chi connectivity index (χ4v) is 4.44. The molecule has 0 aliphatic rings. The molecule has 0 saturated carbocycles. The Morgan fingerprint density at radius 1 is 0.647 bits per heavy atom. The number of halogens is 6. The molecule has 0 aliphatic heterocycles. The monoisotopic (exact) mass is 474 g/mol. The molecular formula is C28H24F6. The number of hydrogen-bond acceptors (Lipinski definition) is 0. The Kier molecular flexibility index (Phi) is 6.87. The first-order valence-electron chi connectivity index (χ1n) is 11.4. The van der Waals surface area contributed by atoms with Crippen LogP contribution in [0.1, 0.15) is 50.2 Å². The van der Waals surface area contributed by atoms with Crippen molar-refractivity contribution in [2.45, 2.75) is 51.6 Å². The molecule has 0 unspecified atom stereocenters. The summed E-state index contributed by atoms with van der Waals surface area (Å²) >= 11 is 0. The number of fused-ring (bicyclic) bond motifs is 3. The Labute approximate surface area is 194 Å². The van der Waals surface area contributed by atoms with E-state index in [1.165, 1.54) is 43.4 Å². The standard InChI is InChI=1S/C28H24F6/c1-2-3-4-5-6-7-17-8-11-21-18(12-17)9-10-19-13-23(24(29)16-22(19)21)20-14-25(30)27(26(31)15-20)28(32,33)34/h8-16H,2-7H2,1H3. The zero-order valence-electron chi connectivity index (χ0n) is 18.7. The van der Waals surface area contributed by atoms with Crippen molar-refractivity contribution in [1.82, 2.24) is 0 Å². The summed E-state index contributed by atoms with van der Waals surface area (Å²) in [4.78, 5) is 0. The Morgan fingerprint density at radius 3 is 1.94 bits per heavy atom. The lowest BCUT2D eigenvalue weighted by molar-refractivity contribution is -0.142. The molecule has 0 spiro atoms.